The van der Waals surface area contributed by atoms with Gasteiger partial charge in [0, 0.05) is 34.9 Å². The number of hydrogen-bond donors (Lipinski definition) is 4. The number of carbonyl (C=O) groups is 1. The summed E-state index contributed by atoms with van der Waals surface area (Å²) < 4.78 is 0. The molecule has 0 unspecified atom stereocenters. The van der Waals surface area contributed by atoms with Crippen LogP contribution in [0.1, 0.15) is 42.4 Å². The van der Waals surface area contributed by atoms with Crippen molar-refractivity contribution in [3.05, 3.63) is 47.4 Å². The third kappa shape index (κ3) is 4.01. The molecule has 2 aromatic heterocycles. The van der Waals surface area contributed by atoms with Crippen LogP contribution in [-0.2, 0) is 0 Å². The molecule has 7 nitrogen and oxygen atoms in total. The Morgan fingerprint density at radius 2 is 2.00 bits per heavy atom. The number of H-pyrrole nitrogens is 1. The molecule has 0 fully saturated rings. The molecule has 4 N–H and O–H groups in total. The monoisotopic (exact) mass is 396 g/mol. The summed E-state index contributed by atoms with van der Waals surface area (Å²) in [5.41, 5.74) is 3.25. The van der Waals surface area contributed by atoms with Crippen LogP contribution in [0.2, 0.25) is 0 Å². The van der Waals surface area contributed by atoms with Crippen molar-refractivity contribution < 1.29 is 4.79 Å². The highest BCUT2D eigenvalue weighted by atomic mass is 32.2. The van der Waals surface area contributed by atoms with Crippen LogP contribution in [0.25, 0.3) is 11.2 Å². The molecule has 0 aliphatic heterocycles. The zero-order valence-corrected chi connectivity index (χ0v) is 17.4. The Morgan fingerprint density at radius 1 is 1.25 bits per heavy atom. The molecule has 0 saturated carbocycles. The van der Waals surface area contributed by atoms with Gasteiger partial charge in [-0.2, -0.15) is 0 Å². The highest BCUT2D eigenvalue weighted by Crippen LogP contribution is 2.25. The number of amides is 1. The third-order valence-electron chi connectivity index (χ3n) is 4.14. The van der Waals surface area contributed by atoms with Crippen LogP contribution in [-0.4, -0.2) is 45.4 Å². The summed E-state index contributed by atoms with van der Waals surface area (Å²) in [5.74, 6) is -0.225. The van der Waals surface area contributed by atoms with Gasteiger partial charge in [-0.25, -0.2) is 9.97 Å². The number of benzene rings is 1. The van der Waals surface area contributed by atoms with Crippen molar-refractivity contribution in [3.63, 3.8) is 0 Å². The van der Waals surface area contributed by atoms with Crippen molar-refractivity contribution in [2.45, 2.75) is 31.2 Å². The molecule has 8 heteroatoms. The number of nitrogens with zero attached hydrogens (tertiary/aromatic N) is 2. The van der Waals surface area contributed by atoms with Crippen LogP contribution in [0.5, 0.6) is 0 Å². The van der Waals surface area contributed by atoms with E-state index >= 15 is 0 Å². The SMILES string of the molecule is CNc1ccc(SC)cc1C(=N)c1cnc2[nH]cc(C(=O)NC(C)(C)C)c2n1. The predicted octanol–water partition coefficient (Wildman–Crippen LogP) is 3.67. The lowest BCUT2D eigenvalue weighted by Crippen LogP contribution is -2.40. The maximum atomic E-state index is 12.6. The molecule has 28 heavy (non-hydrogen) atoms. The van der Waals surface area contributed by atoms with Crippen molar-refractivity contribution in [1.82, 2.24) is 20.3 Å². The molecule has 0 bridgehead atoms. The molecule has 0 radical (unpaired) electrons. The first-order chi connectivity index (χ1) is 13.2. The van der Waals surface area contributed by atoms with E-state index in [1.165, 1.54) is 0 Å². The molecule has 3 rings (SSSR count). The summed E-state index contributed by atoms with van der Waals surface area (Å²) in [4.78, 5) is 25.6. The van der Waals surface area contributed by atoms with Crippen molar-refractivity contribution in [1.29, 1.82) is 5.41 Å². The average Bonchev–Trinajstić information content (AvgIpc) is 3.08. The Morgan fingerprint density at radius 3 is 2.64 bits per heavy atom. The molecular weight excluding hydrogens is 372 g/mol. The minimum atomic E-state index is -0.363. The number of thioether (sulfide) groups is 1. The van der Waals surface area contributed by atoms with E-state index in [4.69, 9.17) is 5.41 Å². The number of nitrogens with one attached hydrogen (secondary N) is 4. The van der Waals surface area contributed by atoms with Gasteiger partial charge in [0.2, 0.25) is 0 Å². The summed E-state index contributed by atoms with van der Waals surface area (Å²) in [5, 5.41) is 14.7. The lowest BCUT2D eigenvalue weighted by atomic mass is 10.1. The predicted molar refractivity (Wildman–Crippen MR) is 115 cm³/mol. The quantitative estimate of drug-likeness (QED) is 0.389. The van der Waals surface area contributed by atoms with Gasteiger partial charge < -0.3 is 15.6 Å². The first kappa shape index (κ1) is 19.9. The summed E-state index contributed by atoms with van der Waals surface area (Å²) in [7, 11) is 1.82. The van der Waals surface area contributed by atoms with E-state index in [1.54, 1.807) is 24.2 Å². The van der Waals surface area contributed by atoms with Gasteiger partial charge in [0.15, 0.2) is 5.65 Å². The average molecular weight is 397 g/mol. The number of aromatic nitrogens is 3. The molecule has 0 saturated heterocycles. The second kappa shape index (κ2) is 7.63. The van der Waals surface area contributed by atoms with E-state index in [0.717, 1.165) is 16.1 Å². The summed E-state index contributed by atoms with van der Waals surface area (Å²) in [6.07, 6.45) is 5.15. The van der Waals surface area contributed by atoms with Gasteiger partial charge >= 0.3 is 0 Å². The van der Waals surface area contributed by atoms with E-state index in [1.807, 2.05) is 52.3 Å². The van der Waals surface area contributed by atoms with Gasteiger partial charge in [-0.05, 0) is 45.2 Å². The van der Waals surface area contributed by atoms with E-state index in [0.29, 0.717) is 22.4 Å². The Balaban J connectivity index is 2.04. The van der Waals surface area contributed by atoms with E-state index in [9.17, 15) is 4.79 Å². The molecule has 0 aliphatic rings. The number of anilines is 1. The first-order valence-corrected chi connectivity index (χ1v) is 10.1. The van der Waals surface area contributed by atoms with Gasteiger partial charge in [-0.3, -0.25) is 10.2 Å². The Hall–Kier alpha value is -2.87. The number of rotatable bonds is 5. The maximum absolute atomic E-state index is 12.6. The van der Waals surface area contributed by atoms with Gasteiger partial charge in [0.25, 0.3) is 5.91 Å². The zero-order chi connectivity index (χ0) is 20.5. The van der Waals surface area contributed by atoms with Crippen molar-refractivity contribution in [3.8, 4) is 0 Å². The smallest absolute Gasteiger partial charge is 0.255 e. The van der Waals surface area contributed by atoms with Gasteiger partial charge in [0.05, 0.1) is 17.5 Å². The molecule has 1 amide bonds. The first-order valence-electron chi connectivity index (χ1n) is 8.85. The molecule has 2 heterocycles. The second-order valence-corrected chi connectivity index (χ2v) is 8.28. The molecule has 3 aromatic rings. The van der Waals surface area contributed by atoms with Gasteiger partial charge in [-0.1, -0.05) is 0 Å². The Bertz CT molecular complexity index is 1050. The van der Waals surface area contributed by atoms with Crippen molar-refractivity contribution >= 4 is 40.2 Å². The summed E-state index contributed by atoms with van der Waals surface area (Å²) in [6.45, 7) is 5.76. The minimum absolute atomic E-state index is 0.225. The zero-order valence-electron chi connectivity index (χ0n) is 16.6. The van der Waals surface area contributed by atoms with Gasteiger partial charge in [0.1, 0.15) is 11.2 Å². The van der Waals surface area contributed by atoms with E-state index in [-0.39, 0.29) is 17.2 Å². The van der Waals surface area contributed by atoms with Crippen LogP contribution in [0.15, 0.2) is 35.5 Å². The number of aromatic amines is 1. The summed E-state index contributed by atoms with van der Waals surface area (Å²) >= 11 is 1.61. The molecule has 0 spiro atoms. The number of hydrogen-bond acceptors (Lipinski definition) is 6. The lowest BCUT2D eigenvalue weighted by molar-refractivity contribution is 0.0921. The fraction of sp³-hybridized carbons (Fsp3) is 0.300. The molecule has 146 valence electrons. The lowest BCUT2D eigenvalue weighted by Gasteiger charge is -2.20. The Labute approximate surface area is 168 Å². The standard InChI is InChI=1S/C20H24N6OS/c1-20(2,3)26-19(27)13-9-23-18-17(13)25-15(10-24-18)16(21)12-8-11(28-5)6-7-14(12)22-4/h6-10,21-22H,1-5H3,(H,23,24)(H,26,27). The number of carbonyl (C=O) groups excluding carboxylic acids is 1. The molecule has 0 aliphatic carbocycles. The normalized spacial score (nSPS) is 11.5. The van der Waals surface area contributed by atoms with Gasteiger partial charge in [-0.15, -0.1) is 11.8 Å². The summed E-state index contributed by atoms with van der Waals surface area (Å²) in [6, 6.07) is 5.90. The fourth-order valence-corrected chi connectivity index (χ4v) is 3.25. The third-order valence-corrected chi connectivity index (χ3v) is 4.86. The van der Waals surface area contributed by atoms with Crippen LogP contribution >= 0.6 is 11.8 Å². The minimum Gasteiger partial charge on any atom is -0.388 e. The topological polar surface area (TPSA) is 107 Å². The second-order valence-electron chi connectivity index (χ2n) is 7.40. The van der Waals surface area contributed by atoms with Crippen LogP contribution in [0, 0.1) is 5.41 Å². The van der Waals surface area contributed by atoms with Crippen LogP contribution < -0.4 is 10.6 Å². The van der Waals surface area contributed by atoms with Crippen LogP contribution in [0.4, 0.5) is 5.69 Å². The van der Waals surface area contributed by atoms with Crippen molar-refractivity contribution in [2.24, 2.45) is 0 Å². The van der Waals surface area contributed by atoms with Crippen LogP contribution in [0.3, 0.4) is 0 Å². The molecule has 0 atom stereocenters. The molecular formula is C20H24N6OS. The highest BCUT2D eigenvalue weighted by molar-refractivity contribution is 7.98. The molecule has 1 aromatic carbocycles. The number of fused-ring (bicyclic) bond motifs is 1. The Kier molecular flexibility index (Phi) is 5.42. The maximum Gasteiger partial charge on any atom is 0.255 e. The van der Waals surface area contributed by atoms with E-state index in [2.05, 4.69) is 25.6 Å². The fourth-order valence-electron chi connectivity index (χ4n) is 2.81. The van der Waals surface area contributed by atoms with E-state index < -0.39 is 0 Å². The largest absolute Gasteiger partial charge is 0.388 e. The highest BCUT2D eigenvalue weighted by Gasteiger charge is 2.21. The van der Waals surface area contributed by atoms with Crippen molar-refractivity contribution in [2.75, 3.05) is 18.6 Å².